The third-order valence-corrected chi connectivity index (χ3v) is 5.70. The molecule has 1 fully saturated rings. The third-order valence-electron chi connectivity index (χ3n) is 5.70. The van der Waals surface area contributed by atoms with Gasteiger partial charge in [-0.3, -0.25) is 14.5 Å². The lowest BCUT2D eigenvalue weighted by Crippen LogP contribution is -2.46. The van der Waals surface area contributed by atoms with E-state index in [0.29, 0.717) is 56.7 Å². The number of methoxy groups -OCH3 is 1. The summed E-state index contributed by atoms with van der Waals surface area (Å²) < 4.78 is 31.9. The van der Waals surface area contributed by atoms with E-state index in [9.17, 15) is 18.4 Å². The van der Waals surface area contributed by atoms with E-state index in [1.165, 1.54) is 13.2 Å². The van der Waals surface area contributed by atoms with Crippen LogP contribution in [0.5, 0.6) is 0 Å². The minimum absolute atomic E-state index is 0.00189. The lowest BCUT2D eigenvalue weighted by atomic mass is 10.0. The first-order valence-corrected chi connectivity index (χ1v) is 10.5. The van der Waals surface area contributed by atoms with Gasteiger partial charge in [0.05, 0.1) is 24.2 Å². The molecule has 0 spiro atoms. The van der Waals surface area contributed by atoms with Crippen molar-refractivity contribution in [1.29, 1.82) is 0 Å². The molecule has 1 aromatic carbocycles. The predicted molar refractivity (Wildman–Crippen MR) is 123 cm³/mol. The Morgan fingerprint density at radius 3 is 2.52 bits per heavy atom. The molecule has 1 N–H and O–H groups in total. The molecular weight excluding hydrogens is 432 g/mol. The molecule has 0 saturated carbocycles. The molecule has 2 heterocycles. The maximum absolute atomic E-state index is 13.5. The van der Waals surface area contributed by atoms with Gasteiger partial charge in [-0.15, -0.1) is 0 Å². The summed E-state index contributed by atoms with van der Waals surface area (Å²) in [5.41, 5.74) is 3.55. The Morgan fingerprint density at radius 1 is 1.21 bits per heavy atom. The van der Waals surface area contributed by atoms with Crippen LogP contribution in [0, 0.1) is 6.92 Å². The molecule has 1 saturated heterocycles. The first-order valence-electron chi connectivity index (χ1n) is 10.5. The zero-order valence-corrected chi connectivity index (χ0v) is 18.8. The summed E-state index contributed by atoms with van der Waals surface area (Å²) >= 11 is 0. The van der Waals surface area contributed by atoms with E-state index in [0.717, 1.165) is 16.8 Å². The maximum atomic E-state index is 13.5. The second-order valence-corrected chi connectivity index (χ2v) is 7.59. The largest absolute Gasteiger partial charge is 0.479 e. The SMILES string of the molecule is CNc1c(N=C(C=O)OC)ccc(CN2CCN(c3ccc(C=O)nc3C(F)F)CC2)c1C. The van der Waals surface area contributed by atoms with Crippen molar-refractivity contribution in [3.63, 3.8) is 0 Å². The number of piperazine rings is 1. The summed E-state index contributed by atoms with van der Waals surface area (Å²) in [6.45, 7) is 5.18. The summed E-state index contributed by atoms with van der Waals surface area (Å²) in [5.74, 6) is -0.00592. The standard InChI is InChI=1S/C23H27F2N5O3/c1-15-16(4-6-18(21(15)26-2)28-20(14-32)33-3)12-29-8-10-30(11-9-29)19-7-5-17(13-31)27-22(19)23(24)25/h4-7,13-14,23,26H,8-12H2,1-3H3. The van der Waals surface area contributed by atoms with E-state index >= 15 is 0 Å². The molecule has 176 valence electrons. The molecule has 10 heteroatoms. The van der Waals surface area contributed by atoms with E-state index in [4.69, 9.17) is 4.74 Å². The highest BCUT2D eigenvalue weighted by Crippen LogP contribution is 2.32. The van der Waals surface area contributed by atoms with Gasteiger partial charge in [-0.25, -0.2) is 18.8 Å². The fraction of sp³-hybridized carbons (Fsp3) is 0.391. The minimum atomic E-state index is -2.75. The number of hydrogen-bond donors (Lipinski definition) is 1. The van der Waals surface area contributed by atoms with Gasteiger partial charge in [-0.2, -0.15) is 0 Å². The summed E-state index contributed by atoms with van der Waals surface area (Å²) in [6, 6.07) is 6.81. The molecule has 0 radical (unpaired) electrons. The van der Waals surface area contributed by atoms with Crippen LogP contribution in [0.4, 0.5) is 25.8 Å². The number of aromatic nitrogens is 1. The van der Waals surface area contributed by atoms with Crippen LogP contribution in [0.1, 0.15) is 33.7 Å². The summed E-state index contributed by atoms with van der Waals surface area (Å²) in [7, 11) is 3.19. The number of alkyl halides is 2. The molecule has 1 aliphatic rings. The molecule has 1 aliphatic heterocycles. The molecular formula is C23H27F2N5O3. The monoisotopic (exact) mass is 459 g/mol. The van der Waals surface area contributed by atoms with Gasteiger partial charge in [0, 0.05) is 39.8 Å². The fourth-order valence-corrected chi connectivity index (χ4v) is 3.92. The number of anilines is 2. The Bertz CT molecular complexity index is 1040. The number of nitrogens with one attached hydrogen (secondary N) is 1. The Labute approximate surface area is 191 Å². The van der Waals surface area contributed by atoms with Crippen LogP contribution < -0.4 is 10.2 Å². The first kappa shape index (κ1) is 24.2. The third kappa shape index (κ3) is 5.51. The normalized spacial score (nSPS) is 15.0. The van der Waals surface area contributed by atoms with E-state index in [1.807, 2.05) is 24.0 Å². The fourth-order valence-electron chi connectivity index (χ4n) is 3.92. The van der Waals surface area contributed by atoms with Gasteiger partial charge >= 0.3 is 0 Å². The van der Waals surface area contributed by atoms with Gasteiger partial charge in [0.1, 0.15) is 11.4 Å². The smallest absolute Gasteiger partial charge is 0.282 e. The van der Waals surface area contributed by atoms with Crippen molar-refractivity contribution >= 4 is 35.5 Å². The number of aliphatic imine (C=N–C) groups is 1. The molecule has 0 atom stereocenters. The molecule has 8 nitrogen and oxygen atoms in total. The summed E-state index contributed by atoms with van der Waals surface area (Å²) in [4.78, 5) is 34.1. The van der Waals surface area contributed by atoms with Crippen LogP contribution >= 0.6 is 0 Å². The molecule has 0 amide bonds. The Morgan fingerprint density at radius 2 is 1.94 bits per heavy atom. The van der Waals surface area contributed by atoms with Crippen molar-refractivity contribution in [3.8, 4) is 0 Å². The summed E-state index contributed by atoms with van der Waals surface area (Å²) in [6.07, 6.45) is -1.72. The van der Waals surface area contributed by atoms with Crippen molar-refractivity contribution < 1.29 is 23.1 Å². The molecule has 1 aromatic heterocycles. The van der Waals surface area contributed by atoms with Crippen LogP contribution in [0.2, 0.25) is 0 Å². The van der Waals surface area contributed by atoms with Crippen LogP contribution in [-0.4, -0.2) is 68.7 Å². The molecule has 0 bridgehead atoms. The molecule has 33 heavy (non-hydrogen) atoms. The quantitative estimate of drug-likeness (QED) is 0.368. The number of hydrogen-bond acceptors (Lipinski definition) is 8. The van der Waals surface area contributed by atoms with E-state index in [-0.39, 0.29) is 17.3 Å². The van der Waals surface area contributed by atoms with Gasteiger partial charge in [0.25, 0.3) is 12.3 Å². The Kier molecular flexibility index (Phi) is 8.05. The number of nitrogens with zero attached hydrogens (tertiary/aromatic N) is 4. The number of carbonyl (C=O) groups excluding carboxylic acids is 2. The maximum Gasteiger partial charge on any atom is 0.282 e. The number of ether oxygens (including phenoxy) is 1. The van der Waals surface area contributed by atoms with Gasteiger partial charge < -0.3 is 15.0 Å². The van der Waals surface area contributed by atoms with Crippen molar-refractivity contribution in [2.75, 3.05) is 50.6 Å². The zero-order valence-electron chi connectivity index (χ0n) is 18.8. The second kappa shape index (κ2) is 11.0. The number of halogens is 2. The minimum Gasteiger partial charge on any atom is -0.479 e. The molecule has 0 aliphatic carbocycles. The van der Waals surface area contributed by atoms with E-state index < -0.39 is 6.43 Å². The molecule has 3 rings (SSSR count). The first-order chi connectivity index (χ1) is 15.9. The van der Waals surface area contributed by atoms with E-state index in [2.05, 4.69) is 20.2 Å². The Balaban J connectivity index is 1.72. The number of rotatable bonds is 8. The highest BCUT2D eigenvalue weighted by Gasteiger charge is 2.24. The molecule has 0 unspecified atom stereocenters. The Hall–Kier alpha value is -3.40. The number of carbonyl (C=O) groups is 2. The topological polar surface area (TPSA) is 87.1 Å². The lowest BCUT2D eigenvalue weighted by molar-refractivity contribution is -0.103. The van der Waals surface area contributed by atoms with Crippen LogP contribution in [0.15, 0.2) is 29.3 Å². The summed E-state index contributed by atoms with van der Waals surface area (Å²) in [5, 5.41) is 3.14. The zero-order chi connectivity index (χ0) is 24.0. The van der Waals surface area contributed by atoms with Crippen LogP contribution in [-0.2, 0) is 16.1 Å². The van der Waals surface area contributed by atoms with Crippen molar-refractivity contribution in [3.05, 3.63) is 46.8 Å². The second-order valence-electron chi connectivity index (χ2n) is 7.59. The van der Waals surface area contributed by atoms with Crippen molar-refractivity contribution in [2.24, 2.45) is 4.99 Å². The van der Waals surface area contributed by atoms with Gasteiger partial charge in [0.2, 0.25) is 6.29 Å². The van der Waals surface area contributed by atoms with E-state index in [1.54, 1.807) is 13.1 Å². The molecule has 2 aromatic rings. The highest BCUT2D eigenvalue weighted by atomic mass is 19.3. The number of pyridine rings is 1. The number of benzene rings is 1. The average Bonchev–Trinajstić information content (AvgIpc) is 2.84. The average molecular weight is 459 g/mol. The van der Waals surface area contributed by atoms with Gasteiger partial charge in [0.15, 0.2) is 6.29 Å². The highest BCUT2D eigenvalue weighted by molar-refractivity contribution is 6.24. The van der Waals surface area contributed by atoms with Crippen LogP contribution in [0.3, 0.4) is 0 Å². The predicted octanol–water partition coefficient (Wildman–Crippen LogP) is 3.38. The van der Waals surface area contributed by atoms with Crippen LogP contribution in [0.25, 0.3) is 0 Å². The van der Waals surface area contributed by atoms with Gasteiger partial charge in [-0.05, 0) is 36.2 Å². The van der Waals surface area contributed by atoms with Gasteiger partial charge in [-0.1, -0.05) is 6.07 Å². The van der Waals surface area contributed by atoms with Crippen molar-refractivity contribution in [1.82, 2.24) is 9.88 Å². The number of aldehydes is 2. The lowest BCUT2D eigenvalue weighted by Gasteiger charge is -2.37. The van der Waals surface area contributed by atoms with Crippen molar-refractivity contribution in [2.45, 2.75) is 19.9 Å².